The fourth-order valence-corrected chi connectivity index (χ4v) is 9.95. The van der Waals surface area contributed by atoms with Crippen LogP contribution in [0.15, 0.2) is 4.99 Å². The number of hydrogen-bond acceptors (Lipinski definition) is 11. The summed E-state index contributed by atoms with van der Waals surface area (Å²) >= 11 is 0. The highest BCUT2D eigenvalue weighted by atomic mass is 16.7. The zero-order valence-corrected chi connectivity index (χ0v) is 37.2. The second-order valence-corrected chi connectivity index (χ2v) is 19.2. The van der Waals surface area contributed by atoms with E-state index in [1.165, 1.54) is 0 Å². The first-order valence-electron chi connectivity index (χ1n) is 20.9. The number of carbonyl (C=O) groups excluding carboxylic acids is 3. The van der Waals surface area contributed by atoms with E-state index in [-0.39, 0.29) is 29.8 Å². The monoisotopic (exact) mass is 778 g/mol. The van der Waals surface area contributed by atoms with Gasteiger partial charge in [-0.1, -0.05) is 47.5 Å². The number of cyclic esters (lactones) is 1. The van der Waals surface area contributed by atoms with Gasteiger partial charge in [-0.05, 0) is 108 Å². The van der Waals surface area contributed by atoms with Crippen molar-refractivity contribution in [3.8, 4) is 0 Å². The molecule has 12 heteroatoms. The molecule has 3 saturated heterocycles. The van der Waals surface area contributed by atoms with E-state index in [1.807, 2.05) is 67.5 Å². The van der Waals surface area contributed by atoms with Gasteiger partial charge in [0.2, 0.25) is 0 Å². The second-order valence-electron chi connectivity index (χ2n) is 19.2. The van der Waals surface area contributed by atoms with Crippen molar-refractivity contribution < 1.29 is 42.8 Å². The lowest BCUT2D eigenvalue weighted by atomic mass is 9.71. The molecule has 4 heterocycles. The molecule has 4 aliphatic heterocycles. The number of hydrogen-bond donors (Lipinski definition) is 0. The van der Waals surface area contributed by atoms with Crippen molar-refractivity contribution in [2.45, 2.75) is 201 Å². The van der Waals surface area contributed by atoms with E-state index in [1.54, 1.807) is 21.0 Å². The van der Waals surface area contributed by atoms with E-state index in [4.69, 9.17) is 33.4 Å². The molecule has 4 rings (SSSR count). The summed E-state index contributed by atoms with van der Waals surface area (Å²) in [5, 5.41) is 0. The van der Waals surface area contributed by atoms with Gasteiger partial charge in [0.25, 0.3) is 0 Å². The van der Waals surface area contributed by atoms with E-state index in [0.29, 0.717) is 19.4 Å². The van der Waals surface area contributed by atoms with Gasteiger partial charge < -0.3 is 33.3 Å². The van der Waals surface area contributed by atoms with Crippen molar-refractivity contribution >= 4 is 23.6 Å². The number of fused-ring (bicyclic) bond motifs is 1. The van der Waals surface area contributed by atoms with Crippen LogP contribution in [-0.4, -0.2) is 126 Å². The first kappa shape index (κ1) is 45.6. The van der Waals surface area contributed by atoms with Crippen LogP contribution in [0.3, 0.4) is 0 Å². The smallest absolute Gasteiger partial charge is 0.411 e. The minimum absolute atomic E-state index is 0.00306. The molecule has 12 nitrogen and oxygen atoms in total. The van der Waals surface area contributed by atoms with Crippen LogP contribution in [-0.2, 0) is 38.0 Å². The van der Waals surface area contributed by atoms with Crippen LogP contribution in [0.4, 0.5) is 4.79 Å². The first-order chi connectivity index (χ1) is 25.4. The van der Waals surface area contributed by atoms with E-state index >= 15 is 0 Å². The highest BCUT2D eigenvalue weighted by Gasteiger charge is 2.66. The molecule has 0 aromatic heterocycles. The van der Waals surface area contributed by atoms with Gasteiger partial charge in [0.1, 0.15) is 17.6 Å². The summed E-state index contributed by atoms with van der Waals surface area (Å²) in [6, 6.07) is -0.528. The van der Waals surface area contributed by atoms with Crippen LogP contribution in [0, 0.1) is 23.2 Å². The highest BCUT2D eigenvalue weighted by Crippen LogP contribution is 2.50. The Morgan fingerprint density at radius 1 is 0.927 bits per heavy atom. The Morgan fingerprint density at radius 2 is 1.56 bits per heavy atom. The number of likely N-dealkylation sites (N-methyl/N-ethyl adjacent to an activating group) is 1. The van der Waals surface area contributed by atoms with Crippen molar-refractivity contribution in [1.29, 1.82) is 0 Å². The molecule has 316 valence electrons. The SMILES string of the molecule is CCCCCO[C@@]1(C)C[C@@H](C)C2=NC(C)(C)C(C)(C)N3C(=O)O[C@](C)([C@@H](CC)OC(=O)C(C)(C)C(=O)[C@H](C)[C@H]1O[C@@H]1O[C@H](C)C[C@H](N(C)C)[C@H]1OC)[C@H]3[C@H]2C. The number of unbranched alkanes of at least 4 members (excludes halogenated alkanes) is 2. The number of aliphatic imine (C=N–C) groups is 1. The van der Waals surface area contributed by atoms with Gasteiger partial charge >= 0.3 is 12.1 Å². The Kier molecular flexibility index (Phi) is 13.8. The average molecular weight is 778 g/mol. The van der Waals surface area contributed by atoms with Gasteiger partial charge in [0.15, 0.2) is 17.7 Å². The molecule has 4 aliphatic rings. The van der Waals surface area contributed by atoms with Gasteiger partial charge in [-0.25, -0.2) is 4.79 Å². The number of nitrogens with zero attached hydrogens (tertiary/aromatic N) is 3. The van der Waals surface area contributed by atoms with Crippen molar-refractivity contribution in [2.24, 2.45) is 28.2 Å². The van der Waals surface area contributed by atoms with E-state index < -0.39 is 76.3 Å². The quantitative estimate of drug-likeness (QED) is 0.127. The maximum atomic E-state index is 15.0. The molecule has 2 bridgehead atoms. The molecule has 55 heavy (non-hydrogen) atoms. The molecule has 0 aliphatic carbocycles. The Labute approximate surface area is 332 Å². The molecule has 0 radical (unpaired) electrons. The summed E-state index contributed by atoms with van der Waals surface area (Å²) in [5.41, 5.74) is -4.46. The standard InChI is InChI=1S/C43H75N3O9/c1-18-20-21-22-51-42(13)24-25(3)31-27(5)33-43(14,55-38(49)46(33)41(11,12)40(9,10)44-31)30(19-2)53-37(48)39(7,8)34(47)28(6)35(42)54-36-32(50-17)29(45(15)16)23-26(4)52-36/h25-30,32-33,35-36H,18-24H2,1-17H3/t25-,26-,27+,28+,29+,30-,32-,33-,35-,36+,42+,43-/m1/s1. The van der Waals surface area contributed by atoms with E-state index in [2.05, 4.69) is 39.5 Å². The molecular weight excluding hydrogens is 702 g/mol. The summed E-state index contributed by atoms with van der Waals surface area (Å²) in [6.45, 7) is 28.0. The summed E-state index contributed by atoms with van der Waals surface area (Å²) < 4.78 is 39.5. The third kappa shape index (κ3) is 8.28. The molecule has 0 spiro atoms. The molecule has 0 unspecified atom stereocenters. The van der Waals surface area contributed by atoms with Gasteiger partial charge in [-0.2, -0.15) is 0 Å². The Hall–Kier alpha value is -2.12. The third-order valence-electron chi connectivity index (χ3n) is 13.9. The van der Waals surface area contributed by atoms with Crippen LogP contribution in [0.1, 0.15) is 135 Å². The molecular formula is C43H75N3O9. The predicted octanol–water partition coefficient (Wildman–Crippen LogP) is 7.24. The zero-order valence-electron chi connectivity index (χ0n) is 37.2. The number of esters is 1. The van der Waals surface area contributed by atoms with Crippen LogP contribution < -0.4 is 0 Å². The van der Waals surface area contributed by atoms with Crippen molar-refractivity contribution in [2.75, 3.05) is 27.8 Å². The lowest BCUT2D eigenvalue weighted by molar-refractivity contribution is -0.301. The maximum Gasteiger partial charge on any atom is 0.411 e. The number of Topliss-reactive ketones (excluding diaryl/α,β-unsaturated/α-hetero) is 1. The number of ketones is 1. The number of ether oxygens (including phenoxy) is 6. The second kappa shape index (κ2) is 16.6. The third-order valence-corrected chi connectivity index (χ3v) is 13.9. The predicted molar refractivity (Wildman–Crippen MR) is 213 cm³/mol. The molecule has 12 atom stereocenters. The maximum absolute atomic E-state index is 15.0. The molecule has 0 aromatic rings. The van der Waals surface area contributed by atoms with Gasteiger partial charge in [-0.15, -0.1) is 0 Å². The minimum Gasteiger partial charge on any atom is -0.457 e. The summed E-state index contributed by atoms with van der Waals surface area (Å²) in [6.07, 6.45) is 0.831. The highest BCUT2D eigenvalue weighted by molar-refractivity contribution is 6.04. The van der Waals surface area contributed by atoms with Crippen LogP contribution in [0.2, 0.25) is 0 Å². The molecule has 1 amide bonds. The normalized spacial score (nSPS) is 40.6. The Bertz CT molecular complexity index is 1430. The van der Waals surface area contributed by atoms with Crippen LogP contribution >= 0.6 is 0 Å². The number of methoxy groups -OCH3 is 1. The summed E-state index contributed by atoms with van der Waals surface area (Å²) in [5.74, 6) is -2.33. The van der Waals surface area contributed by atoms with Crippen molar-refractivity contribution in [1.82, 2.24) is 9.80 Å². The van der Waals surface area contributed by atoms with Gasteiger partial charge in [-0.3, -0.25) is 19.5 Å². The number of amides is 1. The summed E-state index contributed by atoms with van der Waals surface area (Å²) in [4.78, 5) is 53.1. The lowest BCUT2D eigenvalue weighted by Crippen LogP contribution is -2.64. The van der Waals surface area contributed by atoms with E-state index in [0.717, 1.165) is 31.4 Å². The fraction of sp³-hybridized carbons (Fsp3) is 0.907. The average Bonchev–Trinajstić information content (AvgIpc) is 3.35. The van der Waals surface area contributed by atoms with Gasteiger partial charge in [0, 0.05) is 37.3 Å². The van der Waals surface area contributed by atoms with Crippen LogP contribution in [0.5, 0.6) is 0 Å². The van der Waals surface area contributed by atoms with Crippen molar-refractivity contribution in [3.05, 3.63) is 0 Å². The Balaban J connectivity index is 1.99. The minimum atomic E-state index is -1.58. The van der Waals surface area contributed by atoms with Crippen molar-refractivity contribution in [3.63, 3.8) is 0 Å². The first-order valence-corrected chi connectivity index (χ1v) is 20.9. The Morgan fingerprint density at radius 3 is 2.13 bits per heavy atom. The largest absolute Gasteiger partial charge is 0.457 e. The molecule has 0 N–H and O–H groups in total. The molecule has 0 aromatic carbocycles. The topological polar surface area (TPSA) is 125 Å². The van der Waals surface area contributed by atoms with Crippen LogP contribution in [0.25, 0.3) is 0 Å². The molecule has 0 saturated carbocycles. The fourth-order valence-electron chi connectivity index (χ4n) is 9.95. The molecule has 3 fully saturated rings. The van der Waals surface area contributed by atoms with Gasteiger partial charge in [0.05, 0.1) is 34.9 Å². The number of carbonyl (C=O) groups is 3. The zero-order chi connectivity index (χ0) is 41.6. The number of rotatable bonds is 10. The van der Waals surface area contributed by atoms with E-state index in [9.17, 15) is 14.4 Å². The lowest BCUT2D eigenvalue weighted by Gasteiger charge is -2.49. The summed E-state index contributed by atoms with van der Waals surface area (Å²) in [7, 11) is 5.70.